The quantitative estimate of drug-likeness (QED) is 0.833. The van der Waals surface area contributed by atoms with Gasteiger partial charge in [-0.15, -0.1) is 0 Å². The first kappa shape index (κ1) is 12.2. The molecule has 3 heteroatoms. The molecule has 0 radical (unpaired) electrons. The summed E-state index contributed by atoms with van der Waals surface area (Å²) in [5, 5.41) is 3.86. The molecule has 2 aromatic rings. The van der Waals surface area contributed by atoms with Gasteiger partial charge in [0.1, 0.15) is 0 Å². The van der Waals surface area contributed by atoms with Crippen molar-refractivity contribution in [1.29, 1.82) is 0 Å². The first-order valence-electron chi connectivity index (χ1n) is 6.39. The van der Waals surface area contributed by atoms with Crippen LogP contribution >= 0.6 is 11.6 Å². The molecule has 1 atom stereocenters. The lowest BCUT2D eigenvalue weighted by molar-refractivity contribution is 0.0955. The van der Waals surface area contributed by atoms with Crippen LogP contribution in [0.2, 0.25) is 5.02 Å². The van der Waals surface area contributed by atoms with Crippen LogP contribution in [0.25, 0.3) is 0 Å². The maximum atomic E-state index is 12.7. The van der Waals surface area contributed by atoms with Gasteiger partial charge in [0, 0.05) is 17.8 Å². The molecule has 0 amide bonds. The Morgan fingerprint density at radius 2 is 1.84 bits per heavy atom. The minimum absolute atomic E-state index is 0.0997. The summed E-state index contributed by atoms with van der Waals surface area (Å²) < 4.78 is 0. The second-order valence-electron chi connectivity index (χ2n) is 4.70. The van der Waals surface area contributed by atoms with Gasteiger partial charge < -0.3 is 5.32 Å². The Bertz CT molecular complexity index is 624. The number of hydrogen-bond acceptors (Lipinski definition) is 2. The molecule has 96 valence electrons. The lowest BCUT2D eigenvalue weighted by atomic mass is 9.85. The maximum absolute atomic E-state index is 12.7. The van der Waals surface area contributed by atoms with Crippen molar-refractivity contribution in [2.24, 2.45) is 0 Å². The van der Waals surface area contributed by atoms with E-state index in [0.29, 0.717) is 10.6 Å². The number of carbonyl (C=O) groups is 1. The highest BCUT2D eigenvalue weighted by Gasteiger charge is 2.27. The lowest BCUT2D eigenvalue weighted by Gasteiger charge is -2.25. The van der Waals surface area contributed by atoms with Crippen molar-refractivity contribution in [2.75, 3.05) is 11.9 Å². The summed E-state index contributed by atoms with van der Waals surface area (Å²) in [7, 11) is 0. The van der Waals surface area contributed by atoms with E-state index in [1.807, 2.05) is 36.4 Å². The van der Waals surface area contributed by atoms with Gasteiger partial charge in [0.2, 0.25) is 0 Å². The van der Waals surface area contributed by atoms with Gasteiger partial charge >= 0.3 is 0 Å². The molecule has 0 saturated carbocycles. The number of fused-ring (bicyclic) bond motifs is 1. The van der Waals surface area contributed by atoms with Crippen molar-refractivity contribution in [2.45, 2.75) is 12.3 Å². The normalized spacial score (nSPS) is 17.4. The Kier molecular flexibility index (Phi) is 3.26. The van der Waals surface area contributed by atoms with Gasteiger partial charge in [-0.3, -0.25) is 4.79 Å². The minimum Gasteiger partial charge on any atom is -0.385 e. The molecule has 2 aromatic carbocycles. The fourth-order valence-electron chi connectivity index (χ4n) is 2.59. The Morgan fingerprint density at radius 3 is 2.68 bits per heavy atom. The van der Waals surface area contributed by atoms with Crippen molar-refractivity contribution in [3.63, 3.8) is 0 Å². The van der Waals surface area contributed by atoms with Crippen LogP contribution in [0.1, 0.15) is 28.3 Å². The number of hydrogen-bond donors (Lipinski definition) is 1. The predicted molar refractivity (Wildman–Crippen MR) is 78.1 cm³/mol. The molecule has 0 fully saturated rings. The van der Waals surface area contributed by atoms with Crippen LogP contribution in [0.3, 0.4) is 0 Å². The molecule has 2 nitrogen and oxygen atoms in total. The average Bonchev–Trinajstić information content (AvgIpc) is 2.46. The Morgan fingerprint density at radius 1 is 1.11 bits per heavy atom. The van der Waals surface area contributed by atoms with Crippen LogP contribution in [0.15, 0.2) is 48.5 Å². The Hall–Kier alpha value is -1.80. The summed E-state index contributed by atoms with van der Waals surface area (Å²) in [6, 6.07) is 15.2. The molecular weight excluding hydrogens is 258 g/mol. The number of benzene rings is 2. The van der Waals surface area contributed by atoms with Gasteiger partial charge in [-0.05, 0) is 30.2 Å². The lowest BCUT2D eigenvalue weighted by Crippen LogP contribution is -2.23. The summed E-state index contributed by atoms with van der Waals surface area (Å²) in [6.07, 6.45) is 0.807. The first-order chi connectivity index (χ1) is 9.27. The monoisotopic (exact) mass is 271 g/mol. The third-order valence-electron chi connectivity index (χ3n) is 3.54. The van der Waals surface area contributed by atoms with Crippen LogP contribution in [-0.4, -0.2) is 12.3 Å². The van der Waals surface area contributed by atoms with Gasteiger partial charge in [-0.25, -0.2) is 0 Å². The van der Waals surface area contributed by atoms with Crippen molar-refractivity contribution in [1.82, 2.24) is 0 Å². The number of ketones is 1. The minimum atomic E-state index is -0.0997. The van der Waals surface area contributed by atoms with Crippen molar-refractivity contribution in [3.8, 4) is 0 Å². The third kappa shape index (κ3) is 2.24. The van der Waals surface area contributed by atoms with Crippen molar-refractivity contribution < 1.29 is 4.79 Å². The highest BCUT2D eigenvalue weighted by molar-refractivity contribution is 6.34. The van der Waals surface area contributed by atoms with Gasteiger partial charge in [-0.2, -0.15) is 0 Å². The number of anilines is 1. The maximum Gasteiger partial charge on any atom is 0.171 e. The molecule has 1 aliphatic heterocycles. The molecule has 1 N–H and O–H groups in total. The van der Waals surface area contributed by atoms with E-state index in [1.165, 1.54) is 0 Å². The van der Waals surface area contributed by atoms with Crippen LogP contribution in [0, 0.1) is 0 Å². The highest BCUT2D eigenvalue weighted by Crippen LogP contribution is 2.34. The van der Waals surface area contributed by atoms with E-state index in [1.54, 1.807) is 12.1 Å². The molecular formula is C16H14ClNO. The molecule has 19 heavy (non-hydrogen) atoms. The van der Waals surface area contributed by atoms with E-state index in [9.17, 15) is 4.79 Å². The predicted octanol–water partition coefficient (Wildman–Crippen LogP) is 4.12. The third-order valence-corrected chi connectivity index (χ3v) is 3.87. The second kappa shape index (κ2) is 5.06. The molecule has 0 aliphatic carbocycles. The highest BCUT2D eigenvalue weighted by atomic mass is 35.5. The number of halogens is 1. The van der Waals surface area contributed by atoms with E-state index in [0.717, 1.165) is 24.2 Å². The standard InChI is InChI=1S/C16H14ClNO/c17-14-7-3-1-6-13(14)16(19)12-9-10-18-15-8-4-2-5-11(12)15/h1-8,12,18H,9-10H2. The second-order valence-corrected chi connectivity index (χ2v) is 5.11. The molecule has 0 spiro atoms. The van der Waals surface area contributed by atoms with Gasteiger partial charge in [-0.1, -0.05) is 41.9 Å². The fraction of sp³-hybridized carbons (Fsp3) is 0.188. The molecule has 0 saturated heterocycles. The smallest absolute Gasteiger partial charge is 0.171 e. The Balaban J connectivity index is 2.00. The van der Waals surface area contributed by atoms with E-state index in [4.69, 9.17) is 11.6 Å². The zero-order valence-corrected chi connectivity index (χ0v) is 11.2. The van der Waals surface area contributed by atoms with Gasteiger partial charge in [0.25, 0.3) is 0 Å². The number of para-hydroxylation sites is 1. The zero-order valence-electron chi connectivity index (χ0n) is 10.4. The van der Waals surface area contributed by atoms with E-state index >= 15 is 0 Å². The van der Waals surface area contributed by atoms with Crippen molar-refractivity contribution in [3.05, 3.63) is 64.7 Å². The van der Waals surface area contributed by atoms with Crippen LogP contribution in [0.4, 0.5) is 5.69 Å². The van der Waals surface area contributed by atoms with Crippen molar-refractivity contribution >= 4 is 23.1 Å². The topological polar surface area (TPSA) is 29.1 Å². The van der Waals surface area contributed by atoms with Gasteiger partial charge in [0.05, 0.1) is 10.9 Å². The fourth-order valence-corrected chi connectivity index (χ4v) is 2.82. The molecule has 3 rings (SSSR count). The largest absolute Gasteiger partial charge is 0.385 e. The summed E-state index contributed by atoms with van der Waals surface area (Å²) in [4.78, 5) is 12.7. The SMILES string of the molecule is O=C(c1ccccc1Cl)C1CCNc2ccccc21. The molecule has 0 aromatic heterocycles. The molecule has 1 aliphatic rings. The van der Waals surface area contributed by atoms with Gasteiger partial charge in [0.15, 0.2) is 5.78 Å². The number of rotatable bonds is 2. The first-order valence-corrected chi connectivity index (χ1v) is 6.76. The molecule has 1 unspecified atom stereocenters. The number of nitrogens with one attached hydrogen (secondary N) is 1. The van der Waals surface area contributed by atoms with Crippen LogP contribution in [0.5, 0.6) is 0 Å². The number of Topliss-reactive ketones (excluding diaryl/α,β-unsaturated/α-hetero) is 1. The zero-order chi connectivity index (χ0) is 13.2. The summed E-state index contributed by atoms with van der Waals surface area (Å²) in [5.74, 6) is 0.0110. The summed E-state index contributed by atoms with van der Waals surface area (Å²) in [6.45, 7) is 0.817. The van der Waals surface area contributed by atoms with E-state index in [-0.39, 0.29) is 11.7 Å². The van der Waals surface area contributed by atoms with E-state index in [2.05, 4.69) is 5.32 Å². The van der Waals surface area contributed by atoms with E-state index < -0.39 is 0 Å². The Labute approximate surface area is 117 Å². The number of carbonyl (C=O) groups excluding carboxylic acids is 1. The summed E-state index contributed by atoms with van der Waals surface area (Å²) >= 11 is 6.13. The van der Waals surface area contributed by atoms with Crippen LogP contribution < -0.4 is 5.32 Å². The summed E-state index contributed by atoms with van der Waals surface area (Å²) in [5.41, 5.74) is 2.74. The molecule has 0 bridgehead atoms. The van der Waals surface area contributed by atoms with Crippen LogP contribution in [-0.2, 0) is 0 Å². The molecule has 1 heterocycles. The average molecular weight is 272 g/mol.